The Morgan fingerprint density at radius 1 is 1.32 bits per heavy atom. The van der Waals surface area contributed by atoms with Crippen molar-refractivity contribution in [3.63, 3.8) is 0 Å². The lowest BCUT2D eigenvalue weighted by Crippen LogP contribution is -2.43. The first-order chi connectivity index (χ1) is 12.3. The number of hydrogen-bond acceptors (Lipinski definition) is 7. The van der Waals surface area contributed by atoms with Gasteiger partial charge < -0.3 is 10.2 Å². The summed E-state index contributed by atoms with van der Waals surface area (Å²) in [5.41, 5.74) is 1.60. The number of fused-ring (bicyclic) bond motifs is 1. The second-order valence-electron chi connectivity index (χ2n) is 6.08. The van der Waals surface area contributed by atoms with E-state index in [1.54, 1.807) is 12.4 Å². The minimum atomic E-state index is -0.0585. The Kier molecular flexibility index (Phi) is 4.19. The number of nitrogens with zero attached hydrogens (tertiary/aromatic N) is 7. The number of piperidine rings is 1. The Morgan fingerprint density at radius 3 is 3.16 bits per heavy atom. The van der Waals surface area contributed by atoms with E-state index < -0.39 is 0 Å². The minimum absolute atomic E-state index is 0.0585. The van der Waals surface area contributed by atoms with Gasteiger partial charge in [-0.1, -0.05) is 6.07 Å². The molecule has 0 bridgehead atoms. The van der Waals surface area contributed by atoms with Crippen LogP contribution in [0.3, 0.4) is 0 Å². The van der Waals surface area contributed by atoms with Gasteiger partial charge in [-0.2, -0.15) is 0 Å². The molecule has 3 aromatic heterocycles. The molecule has 1 atom stereocenters. The van der Waals surface area contributed by atoms with Gasteiger partial charge in [-0.3, -0.25) is 9.78 Å². The standard InChI is InChI=1S/C16H18N8O/c25-16(18-10-12-3-1-7-17-9-12)13-4-2-8-23(11-13)15-6-5-14-19-21-22-24(14)20-15/h1,3,5-7,9,13H,2,4,8,10-11H2,(H,18,25)/t13-/m1/s1. The molecular formula is C16H18N8O. The highest BCUT2D eigenvalue weighted by Gasteiger charge is 2.26. The van der Waals surface area contributed by atoms with Crippen LogP contribution in [0.15, 0.2) is 36.7 Å². The lowest BCUT2D eigenvalue weighted by molar-refractivity contribution is -0.125. The molecule has 1 fully saturated rings. The smallest absolute Gasteiger partial charge is 0.225 e. The third-order valence-corrected chi connectivity index (χ3v) is 4.36. The van der Waals surface area contributed by atoms with Gasteiger partial charge in [0, 0.05) is 32.0 Å². The quantitative estimate of drug-likeness (QED) is 0.737. The molecule has 0 aliphatic carbocycles. The Labute approximate surface area is 144 Å². The molecule has 4 heterocycles. The van der Waals surface area contributed by atoms with Crippen molar-refractivity contribution in [3.05, 3.63) is 42.2 Å². The van der Waals surface area contributed by atoms with Crippen molar-refractivity contribution < 1.29 is 4.79 Å². The number of carbonyl (C=O) groups excluding carboxylic acids is 1. The highest BCUT2D eigenvalue weighted by molar-refractivity contribution is 5.79. The molecule has 9 nitrogen and oxygen atoms in total. The summed E-state index contributed by atoms with van der Waals surface area (Å²) in [6.45, 7) is 2.00. The number of nitrogens with one attached hydrogen (secondary N) is 1. The summed E-state index contributed by atoms with van der Waals surface area (Å²) in [7, 11) is 0. The fourth-order valence-corrected chi connectivity index (χ4v) is 3.04. The molecule has 1 aliphatic rings. The van der Waals surface area contributed by atoms with Crippen molar-refractivity contribution in [2.75, 3.05) is 18.0 Å². The van der Waals surface area contributed by atoms with Gasteiger partial charge in [-0.25, -0.2) is 0 Å². The van der Waals surface area contributed by atoms with E-state index in [2.05, 4.69) is 35.8 Å². The molecule has 128 valence electrons. The average Bonchev–Trinajstić information content (AvgIpc) is 3.15. The molecule has 0 unspecified atom stereocenters. The predicted octanol–water partition coefficient (Wildman–Crippen LogP) is 0.447. The second kappa shape index (κ2) is 6.80. The molecule has 25 heavy (non-hydrogen) atoms. The normalized spacial score (nSPS) is 17.6. The third kappa shape index (κ3) is 3.39. The first kappa shape index (κ1) is 15.4. The van der Waals surface area contributed by atoms with Crippen molar-refractivity contribution in [3.8, 4) is 0 Å². The van der Waals surface area contributed by atoms with Crippen molar-refractivity contribution in [2.24, 2.45) is 5.92 Å². The van der Waals surface area contributed by atoms with Crippen LogP contribution in [0.5, 0.6) is 0 Å². The Bertz CT molecular complexity index is 865. The van der Waals surface area contributed by atoms with Gasteiger partial charge in [0.05, 0.1) is 5.92 Å². The van der Waals surface area contributed by atoms with Crippen LogP contribution in [0.4, 0.5) is 5.82 Å². The van der Waals surface area contributed by atoms with E-state index in [1.165, 1.54) is 4.63 Å². The van der Waals surface area contributed by atoms with Gasteiger partial charge in [0.1, 0.15) is 0 Å². The molecule has 1 saturated heterocycles. The average molecular weight is 338 g/mol. The lowest BCUT2D eigenvalue weighted by atomic mass is 9.97. The number of rotatable bonds is 4. The second-order valence-corrected chi connectivity index (χ2v) is 6.08. The molecule has 0 aromatic carbocycles. The van der Waals surface area contributed by atoms with Crippen LogP contribution in [-0.2, 0) is 11.3 Å². The van der Waals surface area contributed by atoms with E-state index in [0.717, 1.165) is 30.8 Å². The molecule has 1 amide bonds. The van der Waals surface area contributed by atoms with Crippen LogP contribution < -0.4 is 10.2 Å². The zero-order valence-electron chi connectivity index (χ0n) is 13.6. The van der Waals surface area contributed by atoms with Gasteiger partial charge in [-0.15, -0.1) is 14.8 Å². The molecule has 1 N–H and O–H groups in total. The summed E-state index contributed by atoms with van der Waals surface area (Å²) in [4.78, 5) is 18.7. The number of carbonyl (C=O) groups is 1. The van der Waals surface area contributed by atoms with E-state index in [9.17, 15) is 4.79 Å². The van der Waals surface area contributed by atoms with Crippen LogP contribution in [0.2, 0.25) is 0 Å². The Morgan fingerprint density at radius 2 is 2.28 bits per heavy atom. The summed E-state index contributed by atoms with van der Waals surface area (Å²) in [6, 6.07) is 7.53. The molecule has 3 aromatic rings. The van der Waals surface area contributed by atoms with Crippen LogP contribution in [0.25, 0.3) is 5.65 Å². The first-order valence-electron chi connectivity index (χ1n) is 8.26. The number of tetrazole rings is 1. The van der Waals surface area contributed by atoms with Gasteiger partial charge in [0.15, 0.2) is 11.5 Å². The number of pyridine rings is 1. The molecule has 9 heteroatoms. The summed E-state index contributed by atoms with van der Waals surface area (Å²) >= 11 is 0. The zero-order valence-corrected chi connectivity index (χ0v) is 13.6. The third-order valence-electron chi connectivity index (χ3n) is 4.36. The number of anilines is 1. The first-order valence-corrected chi connectivity index (χ1v) is 8.26. The molecule has 1 aliphatic heterocycles. The predicted molar refractivity (Wildman–Crippen MR) is 89.6 cm³/mol. The van der Waals surface area contributed by atoms with Crippen LogP contribution in [0.1, 0.15) is 18.4 Å². The minimum Gasteiger partial charge on any atom is -0.354 e. The number of aromatic nitrogens is 6. The SMILES string of the molecule is O=C(NCc1cccnc1)[C@@H]1CCCN(c2ccc3nnnn3n2)C1. The lowest BCUT2D eigenvalue weighted by Gasteiger charge is -2.32. The summed E-state index contributed by atoms with van der Waals surface area (Å²) in [6.07, 6.45) is 5.31. The summed E-state index contributed by atoms with van der Waals surface area (Å²) < 4.78 is 1.40. The number of hydrogen-bond donors (Lipinski definition) is 1. The van der Waals surface area contributed by atoms with Crippen molar-refractivity contribution >= 4 is 17.4 Å². The van der Waals surface area contributed by atoms with Crippen LogP contribution in [-0.4, -0.2) is 49.2 Å². The van der Waals surface area contributed by atoms with Gasteiger partial charge >= 0.3 is 0 Å². The number of amides is 1. The maximum atomic E-state index is 12.5. The van der Waals surface area contributed by atoms with Crippen LogP contribution in [0, 0.1) is 5.92 Å². The molecular weight excluding hydrogens is 320 g/mol. The van der Waals surface area contributed by atoms with Crippen molar-refractivity contribution in [2.45, 2.75) is 19.4 Å². The molecule has 0 saturated carbocycles. The Hall–Kier alpha value is -3.10. The maximum Gasteiger partial charge on any atom is 0.225 e. The highest BCUT2D eigenvalue weighted by Crippen LogP contribution is 2.21. The van der Waals surface area contributed by atoms with Gasteiger partial charge in [0.25, 0.3) is 0 Å². The monoisotopic (exact) mass is 338 g/mol. The zero-order chi connectivity index (χ0) is 17.1. The molecule has 0 radical (unpaired) electrons. The van der Waals surface area contributed by atoms with E-state index >= 15 is 0 Å². The van der Waals surface area contributed by atoms with Crippen molar-refractivity contribution in [1.29, 1.82) is 0 Å². The van der Waals surface area contributed by atoms with E-state index in [0.29, 0.717) is 18.7 Å². The topological polar surface area (TPSA) is 101 Å². The fraction of sp³-hybridized carbons (Fsp3) is 0.375. The van der Waals surface area contributed by atoms with Gasteiger partial charge in [-0.05, 0) is 47.0 Å². The van der Waals surface area contributed by atoms with Crippen LogP contribution >= 0.6 is 0 Å². The maximum absolute atomic E-state index is 12.5. The molecule has 0 spiro atoms. The fourth-order valence-electron chi connectivity index (χ4n) is 3.04. The van der Waals surface area contributed by atoms with E-state index in [1.807, 2.05) is 24.3 Å². The Balaban J connectivity index is 1.40. The van der Waals surface area contributed by atoms with Gasteiger partial charge in [0.2, 0.25) is 5.91 Å². The van der Waals surface area contributed by atoms with E-state index in [-0.39, 0.29) is 11.8 Å². The summed E-state index contributed by atoms with van der Waals surface area (Å²) in [5, 5.41) is 18.7. The van der Waals surface area contributed by atoms with Crippen molar-refractivity contribution in [1.82, 2.24) is 35.6 Å². The largest absolute Gasteiger partial charge is 0.354 e. The van der Waals surface area contributed by atoms with E-state index in [4.69, 9.17) is 0 Å². The highest BCUT2D eigenvalue weighted by atomic mass is 16.1. The molecule has 4 rings (SSSR count). The summed E-state index contributed by atoms with van der Waals surface area (Å²) in [5.74, 6) is 0.790.